The lowest BCUT2D eigenvalue weighted by Crippen LogP contribution is -2.37. The molecule has 1 heterocycles. The van der Waals surface area contributed by atoms with Gasteiger partial charge in [0.05, 0.1) is 6.61 Å². The highest BCUT2D eigenvalue weighted by Gasteiger charge is 2.18. The van der Waals surface area contributed by atoms with Crippen molar-refractivity contribution in [2.24, 2.45) is 0 Å². The van der Waals surface area contributed by atoms with Crippen molar-refractivity contribution in [3.63, 3.8) is 0 Å². The lowest BCUT2D eigenvalue weighted by atomic mass is 10.4. The van der Waals surface area contributed by atoms with E-state index >= 15 is 0 Å². The predicted molar refractivity (Wildman–Crippen MR) is 79.7 cm³/mol. The summed E-state index contributed by atoms with van der Waals surface area (Å²) in [5.74, 6) is 0.635. The Bertz CT molecular complexity index is 423. The van der Waals surface area contributed by atoms with Gasteiger partial charge in [-0.05, 0) is 26.4 Å². The van der Waals surface area contributed by atoms with Crippen LogP contribution in [0.15, 0.2) is 0 Å². The molecule has 1 aromatic rings. The van der Waals surface area contributed by atoms with Crippen molar-refractivity contribution >= 4 is 11.6 Å². The van der Waals surface area contributed by atoms with Gasteiger partial charge >= 0.3 is 0 Å². The van der Waals surface area contributed by atoms with Gasteiger partial charge in [0, 0.05) is 0 Å². The largest absolute Gasteiger partial charge is 0.476 e. The molecule has 0 aliphatic rings. The first-order chi connectivity index (χ1) is 9.53. The summed E-state index contributed by atoms with van der Waals surface area (Å²) < 4.78 is 11.2. The van der Waals surface area contributed by atoms with Gasteiger partial charge in [-0.3, -0.25) is 4.90 Å². The Balaban J connectivity index is 2.91. The van der Waals surface area contributed by atoms with Gasteiger partial charge in [-0.25, -0.2) is 0 Å². The number of nitrogens with two attached hydrogens (primary N) is 2. The number of nitrogen functional groups attached to an aromatic ring is 2. The topological polar surface area (TPSA) is 99.5 Å². The summed E-state index contributed by atoms with van der Waals surface area (Å²) in [6.07, 6.45) is 0.704. The first-order valence-corrected chi connectivity index (χ1v) is 6.99. The van der Waals surface area contributed by atoms with Crippen LogP contribution < -0.4 is 20.9 Å². The minimum absolute atomic E-state index is 0.0899. The molecule has 1 rings (SSSR count). The van der Waals surface area contributed by atoms with E-state index in [1.165, 1.54) is 0 Å². The molecule has 7 nitrogen and oxygen atoms in total. The van der Waals surface area contributed by atoms with E-state index < -0.39 is 0 Å². The summed E-state index contributed by atoms with van der Waals surface area (Å²) in [6.45, 7) is 10.3. The first kappa shape index (κ1) is 16.3. The Labute approximate surface area is 120 Å². The average Bonchev–Trinajstić information content (AvgIpc) is 2.42. The van der Waals surface area contributed by atoms with Gasteiger partial charge in [-0.1, -0.05) is 20.8 Å². The van der Waals surface area contributed by atoms with E-state index in [-0.39, 0.29) is 29.6 Å². The highest BCUT2D eigenvalue weighted by molar-refractivity contribution is 5.58. The van der Waals surface area contributed by atoms with Crippen molar-refractivity contribution in [3.8, 4) is 11.8 Å². The second-order valence-corrected chi connectivity index (χ2v) is 4.39. The lowest BCUT2D eigenvalue weighted by molar-refractivity contribution is 0.0448. The summed E-state index contributed by atoms with van der Waals surface area (Å²) in [7, 11) is 0. The minimum atomic E-state index is -0.152. The van der Waals surface area contributed by atoms with Gasteiger partial charge in [0.15, 0.2) is 11.9 Å². The summed E-state index contributed by atoms with van der Waals surface area (Å²) in [6, 6.07) is 0. The van der Waals surface area contributed by atoms with Crippen LogP contribution in [0.2, 0.25) is 0 Å². The summed E-state index contributed by atoms with van der Waals surface area (Å²) in [5, 5.41) is 0. The SMILES string of the molecule is CCCOc1nc(N)nc(OC(C)N(CC)CC)c1N. The zero-order valence-electron chi connectivity index (χ0n) is 12.7. The minimum Gasteiger partial charge on any atom is -0.476 e. The quantitative estimate of drug-likeness (QED) is 0.697. The monoisotopic (exact) mass is 283 g/mol. The number of hydrogen-bond donors (Lipinski definition) is 2. The molecule has 7 heteroatoms. The van der Waals surface area contributed by atoms with Crippen LogP contribution in [-0.2, 0) is 0 Å². The van der Waals surface area contributed by atoms with Crippen molar-refractivity contribution < 1.29 is 9.47 Å². The fraction of sp³-hybridized carbons (Fsp3) is 0.692. The van der Waals surface area contributed by atoms with Gasteiger partial charge in [0.2, 0.25) is 17.7 Å². The molecule has 0 bridgehead atoms. The van der Waals surface area contributed by atoms with E-state index in [2.05, 4.69) is 28.7 Å². The first-order valence-electron chi connectivity index (χ1n) is 6.99. The number of anilines is 2. The molecule has 0 fully saturated rings. The summed E-state index contributed by atoms with van der Waals surface area (Å²) in [4.78, 5) is 10.2. The zero-order chi connectivity index (χ0) is 15.1. The molecular weight excluding hydrogens is 258 g/mol. The van der Waals surface area contributed by atoms with E-state index in [9.17, 15) is 0 Å². The third-order valence-corrected chi connectivity index (χ3v) is 2.94. The van der Waals surface area contributed by atoms with E-state index in [0.717, 1.165) is 19.5 Å². The molecule has 20 heavy (non-hydrogen) atoms. The number of hydrogen-bond acceptors (Lipinski definition) is 7. The smallest absolute Gasteiger partial charge is 0.247 e. The van der Waals surface area contributed by atoms with Crippen molar-refractivity contribution in [2.75, 3.05) is 31.2 Å². The highest BCUT2D eigenvalue weighted by Crippen LogP contribution is 2.29. The molecular formula is C13H25N5O2. The van der Waals surface area contributed by atoms with Crippen LogP contribution >= 0.6 is 0 Å². The molecule has 1 unspecified atom stereocenters. The van der Waals surface area contributed by atoms with E-state index in [1.807, 2.05) is 13.8 Å². The molecule has 0 aliphatic carbocycles. The Morgan fingerprint density at radius 1 is 1.10 bits per heavy atom. The van der Waals surface area contributed by atoms with E-state index in [0.29, 0.717) is 6.61 Å². The fourth-order valence-electron chi connectivity index (χ4n) is 1.82. The maximum Gasteiger partial charge on any atom is 0.247 e. The van der Waals surface area contributed by atoms with Crippen molar-refractivity contribution in [1.82, 2.24) is 14.9 Å². The van der Waals surface area contributed by atoms with Crippen LogP contribution in [0.25, 0.3) is 0 Å². The molecule has 1 aromatic heterocycles. The third kappa shape index (κ3) is 4.12. The third-order valence-electron chi connectivity index (χ3n) is 2.94. The summed E-state index contributed by atoms with van der Waals surface area (Å²) in [5.41, 5.74) is 11.9. The van der Waals surface area contributed by atoms with Crippen molar-refractivity contribution in [1.29, 1.82) is 0 Å². The Kier molecular flexibility index (Phi) is 6.30. The number of nitrogens with zero attached hydrogens (tertiary/aromatic N) is 3. The second-order valence-electron chi connectivity index (χ2n) is 4.39. The Hall–Kier alpha value is -1.76. The van der Waals surface area contributed by atoms with Crippen molar-refractivity contribution in [2.45, 2.75) is 40.3 Å². The summed E-state index contributed by atoms with van der Waals surface area (Å²) >= 11 is 0. The van der Waals surface area contributed by atoms with Gasteiger partial charge in [-0.2, -0.15) is 9.97 Å². The highest BCUT2D eigenvalue weighted by atomic mass is 16.5. The van der Waals surface area contributed by atoms with E-state index in [1.54, 1.807) is 0 Å². The average molecular weight is 283 g/mol. The van der Waals surface area contributed by atoms with Crippen LogP contribution in [-0.4, -0.2) is 40.8 Å². The Morgan fingerprint density at radius 2 is 1.70 bits per heavy atom. The molecule has 0 saturated heterocycles. The van der Waals surface area contributed by atoms with E-state index in [4.69, 9.17) is 20.9 Å². The molecule has 0 aliphatic heterocycles. The Morgan fingerprint density at radius 3 is 2.25 bits per heavy atom. The number of rotatable bonds is 8. The number of ether oxygens (including phenoxy) is 2. The normalized spacial score (nSPS) is 12.4. The number of aromatic nitrogens is 2. The second kappa shape index (κ2) is 7.74. The lowest BCUT2D eigenvalue weighted by Gasteiger charge is -2.26. The zero-order valence-corrected chi connectivity index (χ0v) is 12.7. The van der Waals surface area contributed by atoms with Gasteiger partial charge < -0.3 is 20.9 Å². The molecule has 0 amide bonds. The van der Waals surface area contributed by atoms with Crippen LogP contribution in [0.1, 0.15) is 34.1 Å². The molecule has 0 aromatic carbocycles. The van der Waals surface area contributed by atoms with Gasteiger partial charge in [0.25, 0.3) is 0 Å². The molecule has 1 atom stereocenters. The molecule has 0 radical (unpaired) electrons. The van der Waals surface area contributed by atoms with Crippen LogP contribution in [0.3, 0.4) is 0 Å². The molecule has 4 N–H and O–H groups in total. The molecule has 114 valence electrons. The maximum absolute atomic E-state index is 5.98. The van der Waals surface area contributed by atoms with Crippen LogP contribution in [0.5, 0.6) is 11.8 Å². The van der Waals surface area contributed by atoms with Gasteiger partial charge in [0.1, 0.15) is 0 Å². The van der Waals surface area contributed by atoms with Gasteiger partial charge in [-0.15, -0.1) is 0 Å². The maximum atomic E-state index is 5.98. The van der Waals surface area contributed by atoms with Crippen LogP contribution in [0.4, 0.5) is 11.6 Å². The molecule has 0 saturated carbocycles. The van der Waals surface area contributed by atoms with Crippen molar-refractivity contribution in [3.05, 3.63) is 0 Å². The molecule has 0 spiro atoms. The van der Waals surface area contributed by atoms with Crippen LogP contribution in [0, 0.1) is 0 Å². The predicted octanol–water partition coefficient (Wildman–Crippen LogP) is 1.50. The standard InChI is InChI=1S/C13H25N5O2/c1-5-8-19-11-10(14)12(17-13(15)16-11)20-9(4)18(6-2)7-3/h9H,5-8,14H2,1-4H3,(H2,15,16,17). The fourth-order valence-corrected chi connectivity index (χ4v) is 1.82.